The zero-order valence-electron chi connectivity index (χ0n) is 14.2. The van der Waals surface area contributed by atoms with Crippen molar-refractivity contribution in [2.75, 3.05) is 26.2 Å². The minimum Gasteiger partial charge on any atom is -0.309 e. The summed E-state index contributed by atoms with van der Waals surface area (Å²) in [6.45, 7) is 17.8. The standard InChI is InChI=1S/C18H32N2/c1-7-10-19-17(13-20(8-2)9-3)18-15(5)11-14(4)12-16(18)6/h11-12,17,19H,7-10,13H2,1-6H3. The lowest BCUT2D eigenvalue weighted by Crippen LogP contribution is -2.36. The van der Waals surface area contributed by atoms with Gasteiger partial charge in [0.05, 0.1) is 0 Å². The zero-order valence-corrected chi connectivity index (χ0v) is 14.2. The van der Waals surface area contributed by atoms with E-state index in [2.05, 4.69) is 63.9 Å². The Bertz CT molecular complexity index is 385. The van der Waals surface area contributed by atoms with Crippen LogP contribution in [0.2, 0.25) is 0 Å². The third-order valence-corrected chi connectivity index (χ3v) is 4.06. The minimum absolute atomic E-state index is 0.440. The summed E-state index contributed by atoms with van der Waals surface area (Å²) in [5, 5.41) is 3.74. The predicted octanol–water partition coefficient (Wildman–Crippen LogP) is 3.99. The van der Waals surface area contributed by atoms with Crippen LogP contribution in [-0.2, 0) is 0 Å². The van der Waals surface area contributed by atoms with E-state index in [1.807, 2.05) is 0 Å². The van der Waals surface area contributed by atoms with Crippen molar-refractivity contribution >= 4 is 0 Å². The molecule has 1 rings (SSSR count). The molecule has 0 saturated heterocycles. The second-order valence-electron chi connectivity index (χ2n) is 5.80. The fraction of sp³-hybridized carbons (Fsp3) is 0.667. The molecule has 0 bridgehead atoms. The molecule has 0 fully saturated rings. The van der Waals surface area contributed by atoms with Crippen molar-refractivity contribution in [1.29, 1.82) is 0 Å². The Labute approximate surface area is 125 Å². The van der Waals surface area contributed by atoms with Gasteiger partial charge in [-0.15, -0.1) is 0 Å². The van der Waals surface area contributed by atoms with Crippen LogP contribution in [0.3, 0.4) is 0 Å². The van der Waals surface area contributed by atoms with Gasteiger partial charge in [-0.1, -0.05) is 38.5 Å². The molecule has 1 aromatic rings. The molecule has 114 valence electrons. The number of nitrogens with zero attached hydrogens (tertiary/aromatic N) is 1. The Hall–Kier alpha value is -0.860. The number of likely N-dealkylation sites (N-methyl/N-ethyl adjacent to an activating group) is 1. The van der Waals surface area contributed by atoms with Crippen molar-refractivity contribution in [3.05, 3.63) is 34.4 Å². The molecule has 1 aromatic carbocycles. The summed E-state index contributed by atoms with van der Waals surface area (Å²) in [6.07, 6.45) is 1.18. The summed E-state index contributed by atoms with van der Waals surface area (Å²) in [5.41, 5.74) is 5.70. The Morgan fingerprint density at radius 3 is 2.00 bits per heavy atom. The maximum atomic E-state index is 3.74. The van der Waals surface area contributed by atoms with Gasteiger partial charge in [0.25, 0.3) is 0 Å². The first-order chi connectivity index (χ1) is 9.53. The highest BCUT2D eigenvalue weighted by Gasteiger charge is 2.18. The van der Waals surface area contributed by atoms with Crippen LogP contribution in [-0.4, -0.2) is 31.1 Å². The van der Waals surface area contributed by atoms with Gasteiger partial charge in [0.1, 0.15) is 0 Å². The van der Waals surface area contributed by atoms with Gasteiger partial charge in [-0.3, -0.25) is 0 Å². The van der Waals surface area contributed by atoms with Gasteiger partial charge in [0.2, 0.25) is 0 Å². The first-order valence-corrected chi connectivity index (χ1v) is 8.06. The maximum absolute atomic E-state index is 3.74. The molecule has 0 aromatic heterocycles. The number of aryl methyl sites for hydroxylation is 3. The molecule has 1 unspecified atom stereocenters. The smallest absolute Gasteiger partial charge is 0.0454 e. The molecule has 1 atom stereocenters. The van der Waals surface area contributed by atoms with Crippen LogP contribution in [0.1, 0.15) is 55.5 Å². The molecule has 0 aliphatic rings. The average Bonchev–Trinajstić information content (AvgIpc) is 2.40. The van der Waals surface area contributed by atoms with Crippen LogP contribution >= 0.6 is 0 Å². The highest BCUT2D eigenvalue weighted by atomic mass is 15.1. The van der Waals surface area contributed by atoms with Gasteiger partial charge in [0, 0.05) is 12.6 Å². The summed E-state index contributed by atoms with van der Waals surface area (Å²) in [5.74, 6) is 0. The van der Waals surface area contributed by atoms with Crippen LogP contribution in [0, 0.1) is 20.8 Å². The summed E-state index contributed by atoms with van der Waals surface area (Å²) >= 11 is 0. The Morgan fingerprint density at radius 2 is 1.55 bits per heavy atom. The fourth-order valence-electron chi connectivity index (χ4n) is 3.06. The quantitative estimate of drug-likeness (QED) is 0.772. The van der Waals surface area contributed by atoms with E-state index in [-0.39, 0.29) is 0 Å². The van der Waals surface area contributed by atoms with Gasteiger partial charge in [-0.05, 0) is 63.5 Å². The van der Waals surface area contributed by atoms with Crippen molar-refractivity contribution < 1.29 is 0 Å². The molecule has 1 N–H and O–H groups in total. The molecule has 20 heavy (non-hydrogen) atoms. The first kappa shape index (κ1) is 17.2. The number of hydrogen-bond donors (Lipinski definition) is 1. The molecule has 0 amide bonds. The summed E-state index contributed by atoms with van der Waals surface area (Å²) in [7, 11) is 0. The van der Waals surface area contributed by atoms with Crippen molar-refractivity contribution in [2.24, 2.45) is 0 Å². The van der Waals surface area contributed by atoms with Crippen molar-refractivity contribution in [1.82, 2.24) is 10.2 Å². The normalized spacial score (nSPS) is 12.9. The van der Waals surface area contributed by atoms with E-state index in [0.717, 1.165) is 26.2 Å². The predicted molar refractivity (Wildman–Crippen MR) is 89.5 cm³/mol. The molecular weight excluding hydrogens is 244 g/mol. The van der Waals surface area contributed by atoms with E-state index in [9.17, 15) is 0 Å². The third-order valence-electron chi connectivity index (χ3n) is 4.06. The molecule has 0 heterocycles. The lowest BCUT2D eigenvalue weighted by molar-refractivity contribution is 0.265. The van der Waals surface area contributed by atoms with Crippen LogP contribution in [0.25, 0.3) is 0 Å². The van der Waals surface area contributed by atoms with E-state index in [0.29, 0.717) is 6.04 Å². The average molecular weight is 276 g/mol. The molecule has 0 spiro atoms. The topological polar surface area (TPSA) is 15.3 Å². The number of benzene rings is 1. The second-order valence-corrected chi connectivity index (χ2v) is 5.80. The number of rotatable bonds is 8. The number of hydrogen-bond acceptors (Lipinski definition) is 2. The van der Waals surface area contributed by atoms with Crippen LogP contribution in [0.5, 0.6) is 0 Å². The Balaban J connectivity index is 3.03. The molecule has 0 radical (unpaired) electrons. The highest BCUT2D eigenvalue weighted by molar-refractivity contribution is 5.39. The van der Waals surface area contributed by atoms with Gasteiger partial charge in [0.15, 0.2) is 0 Å². The maximum Gasteiger partial charge on any atom is 0.0454 e. The summed E-state index contributed by atoms with van der Waals surface area (Å²) in [6, 6.07) is 5.06. The molecule has 0 aliphatic heterocycles. The Kier molecular flexibility index (Phi) is 7.25. The molecular formula is C18H32N2. The highest BCUT2D eigenvalue weighted by Crippen LogP contribution is 2.24. The molecule has 0 saturated carbocycles. The first-order valence-electron chi connectivity index (χ1n) is 8.06. The van der Waals surface area contributed by atoms with Crippen molar-refractivity contribution in [3.63, 3.8) is 0 Å². The number of nitrogens with one attached hydrogen (secondary N) is 1. The van der Waals surface area contributed by atoms with Crippen molar-refractivity contribution in [3.8, 4) is 0 Å². The van der Waals surface area contributed by atoms with E-state index in [1.165, 1.54) is 28.7 Å². The minimum atomic E-state index is 0.440. The lowest BCUT2D eigenvalue weighted by atomic mass is 9.93. The summed E-state index contributed by atoms with van der Waals surface area (Å²) < 4.78 is 0. The van der Waals surface area contributed by atoms with Crippen LogP contribution in [0.15, 0.2) is 12.1 Å². The van der Waals surface area contributed by atoms with E-state index < -0.39 is 0 Å². The SMILES string of the molecule is CCCNC(CN(CC)CC)c1c(C)cc(C)cc1C. The van der Waals surface area contributed by atoms with E-state index in [4.69, 9.17) is 0 Å². The van der Waals surface area contributed by atoms with E-state index >= 15 is 0 Å². The largest absolute Gasteiger partial charge is 0.309 e. The molecule has 2 heteroatoms. The van der Waals surface area contributed by atoms with Crippen LogP contribution in [0.4, 0.5) is 0 Å². The second kappa shape index (κ2) is 8.43. The third kappa shape index (κ3) is 4.60. The summed E-state index contributed by atoms with van der Waals surface area (Å²) in [4.78, 5) is 2.51. The van der Waals surface area contributed by atoms with Gasteiger partial charge in [-0.2, -0.15) is 0 Å². The lowest BCUT2D eigenvalue weighted by Gasteiger charge is -2.29. The Morgan fingerprint density at radius 1 is 1.00 bits per heavy atom. The van der Waals surface area contributed by atoms with Gasteiger partial charge < -0.3 is 10.2 Å². The zero-order chi connectivity index (χ0) is 15.1. The van der Waals surface area contributed by atoms with E-state index in [1.54, 1.807) is 0 Å². The van der Waals surface area contributed by atoms with Gasteiger partial charge in [-0.25, -0.2) is 0 Å². The van der Waals surface area contributed by atoms with Gasteiger partial charge >= 0.3 is 0 Å². The monoisotopic (exact) mass is 276 g/mol. The fourth-order valence-corrected chi connectivity index (χ4v) is 3.06. The van der Waals surface area contributed by atoms with Crippen LogP contribution < -0.4 is 5.32 Å². The molecule has 2 nitrogen and oxygen atoms in total. The van der Waals surface area contributed by atoms with Crippen molar-refractivity contribution in [2.45, 2.75) is 54.0 Å². The molecule has 0 aliphatic carbocycles.